The van der Waals surface area contributed by atoms with Crippen LogP contribution in [0.2, 0.25) is 0 Å². The van der Waals surface area contributed by atoms with Gasteiger partial charge < -0.3 is 0 Å². The van der Waals surface area contributed by atoms with Gasteiger partial charge in [0.25, 0.3) is 0 Å². The summed E-state index contributed by atoms with van der Waals surface area (Å²) in [6, 6.07) is 4.25. The number of aromatic nitrogens is 2. The first-order valence-electron chi connectivity index (χ1n) is 4.03. The molecule has 0 radical (unpaired) electrons. The van der Waals surface area contributed by atoms with E-state index in [1.54, 1.807) is 0 Å². The Morgan fingerprint density at radius 1 is 1.25 bits per heavy atom. The van der Waals surface area contributed by atoms with Crippen LogP contribution in [0.3, 0.4) is 0 Å². The molecule has 0 unspecified atom stereocenters. The predicted octanol–water partition coefficient (Wildman–Crippen LogP) is 2.56. The molecule has 0 aliphatic carbocycles. The summed E-state index contributed by atoms with van der Waals surface area (Å²) in [4.78, 5) is 0. The van der Waals surface area contributed by atoms with Gasteiger partial charge in [0, 0.05) is 0 Å². The lowest BCUT2D eigenvalue weighted by molar-refractivity contribution is 1.15. The van der Waals surface area contributed by atoms with Crippen LogP contribution in [0.15, 0.2) is 12.1 Å². The van der Waals surface area contributed by atoms with Crippen molar-refractivity contribution in [3.05, 3.63) is 23.3 Å². The van der Waals surface area contributed by atoms with Crippen LogP contribution < -0.4 is 0 Å². The lowest BCUT2D eigenvalue weighted by Gasteiger charge is -1.98. The van der Waals surface area contributed by atoms with Gasteiger partial charge in [0.15, 0.2) is 0 Å². The second-order valence-electron chi connectivity index (χ2n) is 2.86. The number of nitrogens with zero attached hydrogens (tertiary/aromatic N) is 2. The van der Waals surface area contributed by atoms with E-state index in [1.165, 1.54) is 22.9 Å². The van der Waals surface area contributed by atoms with Gasteiger partial charge in [0.2, 0.25) is 0 Å². The van der Waals surface area contributed by atoms with E-state index in [4.69, 9.17) is 0 Å². The highest BCUT2D eigenvalue weighted by atomic mass is 32.1. The van der Waals surface area contributed by atoms with E-state index in [0.29, 0.717) is 0 Å². The maximum atomic E-state index is 4.28. The topological polar surface area (TPSA) is 25.8 Å². The van der Waals surface area contributed by atoms with E-state index < -0.39 is 0 Å². The van der Waals surface area contributed by atoms with Crippen molar-refractivity contribution < 1.29 is 0 Å². The first kappa shape index (κ1) is 7.68. The minimum absolute atomic E-state index is 1.03. The summed E-state index contributed by atoms with van der Waals surface area (Å²) in [5.74, 6) is 0. The molecule has 0 saturated heterocycles. The third-order valence-corrected chi connectivity index (χ3v) is 2.61. The minimum atomic E-state index is 1.03. The molecule has 62 valence electrons. The Labute approximate surface area is 75.6 Å². The number of aryl methyl sites for hydroxylation is 2. The predicted molar refractivity (Wildman–Crippen MR) is 51.5 cm³/mol. The second kappa shape index (κ2) is 2.83. The first-order valence-corrected chi connectivity index (χ1v) is 4.76. The van der Waals surface area contributed by atoms with Crippen molar-refractivity contribution in [2.45, 2.75) is 20.3 Å². The molecule has 2 rings (SSSR count). The molecular weight excluding hydrogens is 168 g/mol. The van der Waals surface area contributed by atoms with Crippen LogP contribution in [0, 0.1) is 6.92 Å². The number of fused-ring (bicyclic) bond motifs is 1. The Balaban J connectivity index is 2.82. The van der Waals surface area contributed by atoms with E-state index in [2.05, 4.69) is 34.7 Å². The van der Waals surface area contributed by atoms with Crippen LogP contribution in [0.1, 0.15) is 18.1 Å². The van der Waals surface area contributed by atoms with Gasteiger partial charge in [-0.25, -0.2) is 0 Å². The second-order valence-corrected chi connectivity index (χ2v) is 3.39. The smallest absolute Gasteiger partial charge is 0.108 e. The molecule has 1 heterocycles. The molecule has 0 spiro atoms. The molecule has 1 aromatic heterocycles. The molecule has 0 amide bonds. The molecule has 0 saturated carbocycles. The molecule has 0 N–H and O–H groups in total. The zero-order chi connectivity index (χ0) is 8.55. The Morgan fingerprint density at radius 3 is 2.75 bits per heavy atom. The van der Waals surface area contributed by atoms with Gasteiger partial charge in [0.1, 0.15) is 11.0 Å². The third kappa shape index (κ3) is 1.01. The van der Waals surface area contributed by atoms with E-state index in [1.807, 2.05) is 0 Å². The average molecular weight is 178 g/mol. The summed E-state index contributed by atoms with van der Waals surface area (Å²) < 4.78 is 8.54. The van der Waals surface area contributed by atoms with Crippen LogP contribution in [-0.4, -0.2) is 8.75 Å². The van der Waals surface area contributed by atoms with Crippen LogP contribution in [0.5, 0.6) is 0 Å². The maximum absolute atomic E-state index is 4.28. The summed E-state index contributed by atoms with van der Waals surface area (Å²) >= 11 is 1.30. The first-order chi connectivity index (χ1) is 5.83. The molecule has 2 nitrogen and oxygen atoms in total. The Morgan fingerprint density at radius 2 is 2.00 bits per heavy atom. The van der Waals surface area contributed by atoms with Crippen LogP contribution in [0.4, 0.5) is 0 Å². The fourth-order valence-corrected chi connectivity index (χ4v) is 1.97. The fourth-order valence-electron chi connectivity index (χ4n) is 1.33. The Bertz CT molecular complexity index is 406. The zero-order valence-corrected chi connectivity index (χ0v) is 7.98. The highest BCUT2D eigenvalue weighted by Crippen LogP contribution is 2.20. The summed E-state index contributed by atoms with van der Waals surface area (Å²) in [7, 11) is 0. The van der Waals surface area contributed by atoms with Gasteiger partial charge in [-0.05, 0) is 24.5 Å². The van der Waals surface area contributed by atoms with Crippen LogP contribution in [0.25, 0.3) is 11.0 Å². The fraction of sp³-hybridized carbons (Fsp3) is 0.333. The highest BCUT2D eigenvalue weighted by molar-refractivity contribution is 7.00. The molecule has 0 aliphatic rings. The average Bonchev–Trinajstić information content (AvgIpc) is 2.54. The van der Waals surface area contributed by atoms with Gasteiger partial charge in [-0.1, -0.05) is 19.1 Å². The normalized spacial score (nSPS) is 10.8. The molecular formula is C9H10N2S. The van der Waals surface area contributed by atoms with Crippen LogP contribution in [-0.2, 0) is 6.42 Å². The van der Waals surface area contributed by atoms with Gasteiger partial charge in [-0.3, -0.25) is 0 Å². The number of rotatable bonds is 1. The van der Waals surface area contributed by atoms with Gasteiger partial charge in [-0.15, -0.1) is 0 Å². The number of hydrogen-bond donors (Lipinski definition) is 0. The van der Waals surface area contributed by atoms with E-state index >= 15 is 0 Å². The van der Waals surface area contributed by atoms with Gasteiger partial charge >= 0.3 is 0 Å². The van der Waals surface area contributed by atoms with Gasteiger partial charge in [0.05, 0.1) is 11.7 Å². The quantitative estimate of drug-likeness (QED) is 0.670. The third-order valence-electron chi connectivity index (χ3n) is 2.08. The largest absolute Gasteiger partial charge is 0.173 e. The SMILES string of the molecule is CCc1ccc(C)c2nsnc12. The molecule has 2 aromatic rings. The lowest BCUT2D eigenvalue weighted by Crippen LogP contribution is -1.84. The summed E-state index contributed by atoms with van der Waals surface area (Å²) in [6.45, 7) is 4.21. The van der Waals surface area contributed by atoms with Crippen molar-refractivity contribution in [3.63, 3.8) is 0 Å². The van der Waals surface area contributed by atoms with Crippen molar-refractivity contribution in [2.24, 2.45) is 0 Å². The van der Waals surface area contributed by atoms with Crippen molar-refractivity contribution in [2.75, 3.05) is 0 Å². The van der Waals surface area contributed by atoms with Crippen molar-refractivity contribution >= 4 is 22.8 Å². The number of benzene rings is 1. The van der Waals surface area contributed by atoms with Crippen molar-refractivity contribution in [3.8, 4) is 0 Å². The molecule has 3 heteroatoms. The molecule has 12 heavy (non-hydrogen) atoms. The summed E-state index contributed by atoms with van der Waals surface area (Å²) in [5.41, 5.74) is 4.67. The van der Waals surface area contributed by atoms with Gasteiger partial charge in [-0.2, -0.15) is 8.75 Å². The minimum Gasteiger partial charge on any atom is -0.173 e. The molecule has 0 aliphatic heterocycles. The maximum Gasteiger partial charge on any atom is 0.108 e. The Hall–Kier alpha value is -0.960. The summed E-state index contributed by atoms with van der Waals surface area (Å²) in [5, 5.41) is 0. The zero-order valence-electron chi connectivity index (χ0n) is 7.16. The monoisotopic (exact) mass is 178 g/mol. The van der Waals surface area contributed by atoms with Crippen molar-refractivity contribution in [1.82, 2.24) is 8.75 Å². The molecule has 0 fully saturated rings. The van der Waals surface area contributed by atoms with E-state index in [0.717, 1.165) is 17.5 Å². The lowest BCUT2D eigenvalue weighted by atomic mass is 10.1. The van der Waals surface area contributed by atoms with Crippen molar-refractivity contribution in [1.29, 1.82) is 0 Å². The molecule has 1 aromatic carbocycles. The standard InChI is InChI=1S/C9H10N2S/c1-3-7-5-4-6(2)8-9(7)11-12-10-8/h4-5H,3H2,1-2H3. The molecule has 0 bridgehead atoms. The molecule has 0 atom stereocenters. The van der Waals surface area contributed by atoms with E-state index in [-0.39, 0.29) is 0 Å². The summed E-state index contributed by atoms with van der Waals surface area (Å²) in [6.07, 6.45) is 1.03. The van der Waals surface area contributed by atoms with Crippen LogP contribution >= 0.6 is 11.7 Å². The Kier molecular flexibility index (Phi) is 1.81. The highest BCUT2D eigenvalue weighted by Gasteiger charge is 2.05. The van der Waals surface area contributed by atoms with E-state index in [9.17, 15) is 0 Å². The number of hydrogen-bond acceptors (Lipinski definition) is 3.